The zero-order chi connectivity index (χ0) is 14.7. The number of piperazine rings is 1. The van der Waals surface area contributed by atoms with Crippen molar-refractivity contribution in [3.63, 3.8) is 0 Å². The summed E-state index contributed by atoms with van der Waals surface area (Å²) in [5.41, 5.74) is 5.60. The highest BCUT2D eigenvalue weighted by atomic mass is 15.2. The van der Waals surface area contributed by atoms with Gasteiger partial charge in [0, 0.05) is 32.2 Å². The SMILES string of the molecule is Cc1ccc(C)c(CN2CCNC(c3ccccc3)C2)c1. The van der Waals surface area contributed by atoms with Gasteiger partial charge < -0.3 is 5.32 Å². The Balaban J connectivity index is 1.70. The summed E-state index contributed by atoms with van der Waals surface area (Å²) in [5.74, 6) is 0. The van der Waals surface area contributed by atoms with E-state index in [1.54, 1.807) is 0 Å². The maximum absolute atomic E-state index is 3.64. The molecule has 3 rings (SSSR count). The van der Waals surface area contributed by atoms with Gasteiger partial charge in [0.25, 0.3) is 0 Å². The lowest BCUT2D eigenvalue weighted by Gasteiger charge is -2.34. The molecule has 1 saturated heterocycles. The van der Waals surface area contributed by atoms with E-state index in [0.29, 0.717) is 6.04 Å². The molecule has 2 heteroatoms. The monoisotopic (exact) mass is 280 g/mol. The summed E-state index contributed by atoms with van der Waals surface area (Å²) in [7, 11) is 0. The van der Waals surface area contributed by atoms with Crippen LogP contribution in [0.4, 0.5) is 0 Å². The van der Waals surface area contributed by atoms with Gasteiger partial charge in [0.15, 0.2) is 0 Å². The molecule has 0 saturated carbocycles. The third-order valence-corrected chi connectivity index (χ3v) is 4.36. The number of nitrogens with zero attached hydrogens (tertiary/aromatic N) is 1. The molecular weight excluding hydrogens is 256 g/mol. The lowest BCUT2D eigenvalue weighted by molar-refractivity contribution is 0.193. The minimum absolute atomic E-state index is 0.449. The maximum atomic E-state index is 3.64. The van der Waals surface area contributed by atoms with Gasteiger partial charge in [-0.1, -0.05) is 54.1 Å². The fourth-order valence-electron chi connectivity index (χ4n) is 3.07. The van der Waals surface area contributed by atoms with E-state index in [1.165, 1.54) is 22.3 Å². The number of benzene rings is 2. The van der Waals surface area contributed by atoms with Crippen LogP contribution in [-0.2, 0) is 6.54 Å². The van der Waals surface area contributed by atoms with Crippen LogP contribution < -0.4 is 5.32 Å². The molecular formula is C19H24N2. The molecule has 1 heterocycles. The summed E-state index contributed by atoms with van der Waals surface area (Å²) in [6.07, 6.45) is 0. The van der Waals surface area contributed by atoms with Crippen molar-refractivity contribution in [2.24, 2.45) is 0 Å². The first-order valence-corrected chi connectivity index (χ1v) is 7.79. The second-order valence-electron chi connectivity index (χ2n) is 6.08. The molecule has 0 radical (unpaired) electrons. The summed E-state index contributed by atoms with van der Waals surface area (Å²) in [6, 6.07) is 18.0. The first kappa shape index (κ1) is 14.3. The average molecular weight is 280 g/mol. The fourth-order valence-corrected chi connectivity index (χ4v) is 3.07. The van der Waals surface area contributed by atoms with Crippen molar-refractivity contribution in [1.82, 2.24) is 10.2 Å². The molecule has 2 nitrogen and oxygen atoms in total. The highest BCUT2D eigenvalue weighted by molar-refractivity contribution is 5.30. The molecule has 0 aromatic heterocycles. The summed E-state index contributed by atoms with van der Waals surface area (Å²) >= 11 is 0. The zero-order valence-electron chi connectivity index (χ0n) is 13.0. The molecule has 2 aromatic rings. The van der Waals surface area contributed by atoms with Gasteiger partial charge in [0.05, 0.1) is 0 Å². The van der Waals surface area contributed by atoms with Crippen LogP contribution in [0.3, 0.4) is 0 Å². The summed E-state index contributed by atoms with van der Waals surface area (Å²) < 4.78 is 0. The van der Waals surface area contributed by atoms with Crippen molar-refractivity contribution in [1.29, 1.82) is 0 Å². The quantitative estimate of drug-likeness (QED) is 0.926. The van der Waals surface area contributed by atoms with Crippen molar-refractivity contribution in [2.45, 2.75) is 26.4 Å². The van der Waals surface area contributed by atoms with Crippen molar-refractivity contribution in [3.05, 3.63) is 70.8 Å². The molecule has 1 aliphatic rings. The minimum Gasteiger partial charge on any atom is -0.308 e. The van der Waals surface area contributed by atoms with E-state index < -0.39 is 0 Å². The van der Waals surface area contributed by atoms with Crippen LogP contribution in [0.2, 0.25) is 0 Å². The van der Waals surface area contributed by atoms with E-state index >= 15 is 0 Å². The van der Waals surface area contributed by atoms with Crippen LogP contribution in [0.15, 0.2) is 48.5 Å². The minimum atomic E-state index is 0.449. The molecule has 0 spiro atoms. The van der Waals surface area contributed by atoms with Crippen LogP contribution in [0.1, 0.15) is 28.3 Å². The summed E-state index contributed by atoms with van der Waals surface area (Å²) in [4.78, 5) is 2.57. The third kappa shape index (κ3) is 3.52. The smallest absolute Gasteiger partial charge is 0.0449 e. The van der Waals surface area contributed by atoms with E-state index in [4.69, 9.17) is 0 Å². The van der Waals surface area contributed by atoms with E-state index in [9.17, 15) is 0 Å². The van der Waals surface area contributed by atoms with Gasteiger partial charge >= 0.3 is 0 Å². The molecule has 1 fully saturated rings. The second kappa shape index (κ2) is 6.42. The highest BCUT2D eigenvalue weighted by Gasteiger charge is 2.20. The Morgan fingerprint density at radius 3 is 2.71 bits per heavy atom. The Bertz CT molecular complexity index is 592. The molecule has 110 valence electrons. The molecule has 0 bridgehead atoms. The Labute approximate surface area is 127 Å². The third-order valence-electron chi connectivity index (χ3n) is 4.36. The molecule has 1 atom stereocenters. The van der Waals surface area contributed by atoms with E-state index in [-0.39, 0.29) is 0 Å². The van der Waals surface area contributed by atoms with Gasteiger partial charge in [-0.25, -0.2) is 0 Å². The Morgan fingerprint density at radius 2 is 1.90 bits per heavy atom. The number of nitrogens with one attached hydrogen (secondary N) is 1. The summed E-state index contributed by atoms with van der Waals surface area (Å²) in [5, 5.41) is 3.64. The molecule has 2 aromatic carbocycles. The normalized spacial score (nSPS) is 19.6. The lowest BCUT2D eigenvalue weighted by atomic mass is 10.0. The zero-order valence-corrected chi connectivity index (χ0v) is 13.0. The van der Waals surface area contributed by atoms with Gasteiger partial charge in [-0.15, -0.1) is 0 Å². The second-order valence-corrected chi connectivity index (χ2v) is 6.08. The Morgan fingerprint density at radius 1 is 1.10 bits per heavy atom. The van der Waals surface area contributed by atoms with Crippen molar-refractivity contribution >= 4 is 0 Å². The van der Waals surface area contributed by atoms with Gasteiger partial charge in [-0.3, -0.25) is 4.90 Å². The fraction of sp³-hybridized carbons (Fsp3) is 0.368. The first-order chi connectivity index (χ1) is 10.2. The van der Waals surface area contributed by atoms with Crippen LogP contribution in [0.5, 0.6) is 0 Å². The van der Waals surface area contributed by atoms with Crippen LogP contribution >= 0.6 is 0 Å². The van der Waals surface area contributed by atoms with E-state index in [2.05, 4.69) is 72.6 Å². The van der Waals surface area contributed by atoms with Crippen LogP contribution in [-0.4, -0.2) is 24.5 Å². The van der Waals surface area contributed by atoms with Gasteiger partial charge in [-0.2, -0.15) is 0 Å². The average Bonchev–Trinajstić information content (AvgIpc) is 2.52. The molecule has 0 aliphatic carbocycles. The molecule has 1 unspecified atom stereocenters. The lowest BCUT2D eigenvalue weighted by Crippen LogP contribution is -2.45. The van der Waals surface area contributed by atoms with Crippen LogP contribution in [0, 0.1) is 13.8 Å². The molecule has 1 N–H and O–H groups in total. The topological polar surface area (TPSA) is 15.3 Å². The number of hydrogen-bond acceptors (Lipinski definition) is 2. The predicted octanol–water partition coefficient (Wildman–Crippen LogP) is 3.45. The molecule has 21 heavy (non-hydrogen) atoms. The Kier molecular flexibility index (Phi) is 4.37. The molecule has 1 aliphatic heterocycles. The van der Waals surface area contributed by atoms with E-state index in [0.717, 1.165) is 26.2 Å². The predicted molar refractivity (Wildman–Crippen MR) is 88.4 cm³/mol. The largest absolute Gasteiger partial charge is 0.308 e. The molecule has 0 amide bonds. The summed E-state index contributed by atoms with van der Waals surface area (Å²) in [6.45, 7) is 8.70. The highest BCUT2D eigenvalue weighted by Crippen LogP contribution is 2.20. The maximum Gasteiger partial charge on any atom is 0.0449 e. The number of hydrogen-bond donors (Lipinski definition) is 1. The van der Waals surface area contributed by atoms with Gasteiger partial charge in [0.1, 0.15) is 0 Å². The van der Waals surface area contributed by atoms with Gasteiger partial charge in [-0.05, 0) is 30.5 Å². The standard InChI is InChI=1S/C19H24N2/c1-15-8-9-16(2)18(12-15)13-21-11-10-20-19(14-21)17-6-4-3-5-7-17/h3-9,12,19-20H,10-11,13-14H2,1-2H3. The van der Waals surface area contributed by atoms with Crippen molar-refractivity contribution in [3.8, 4) is 0 Å². The number of rotatable bonds is 3. The van der Waals surface area contributed by atoms with Gasteiger partial charge in [0.2, 0.25) is 0 Å². The number of aryl methyl sites for hydroxylation is 2. The van der Waals surface area contributed by atoms with E-state index in [1.807, 2.05) is 0 Å². The first-order valence-electron chi connectivity index (χ1n) is 7.79. The van der Waals surface area contributed by atoms with Crippen molar-refractivity contribution in [2.75, 3.05) is 19.6 Å². The van der Waals surface area contributed by atoms with Crippen LogP contribution in [0.25, 0.3) is 0 Å². The Hall–Kier alpha value is -1.64. The van der Waals surface area contributed by atoms with Crippen molar-refractivity contribution < 1.29 is 0 Å².